The van der Waals surface area contributed by atoms with Gasteiger partial charge in [-0.05, 0) is 56.7 Å². The second-order valence-electron chi connectivity index (χ2n) is 14.9. The van der Waals surface area contributed by atoms with E-state index in [1.165, 1.54) is 42.5 Å². The number of aromatic nitrogens is 2. The number of rotatable bonds is 14. The number of halogens is 3. The number of carbonyl (C=O) groups excluding carboxylic acids is 6. The number of piperazine rings is 1. The minimum absolute atomic E-state index is 0.0103. The van der Waals surface area contributed by atoms with Crippen LogP contribution in [0.1, 0.15) is 53.8 Å². The fourth-order valence-corrected chi connectivity index (χ4v) is 8.12. The molecule has 3 heterocycles. The number of phenols is 1. The van der Waals surface area contributed by atoms with Crippen LogP contribution in [-0.2, 0) is 23.9 Å². The van der Waals surface area contributed by atoms with Crippen molar-refractivity contribution in [1.82, 2.24) is 25.1 Å². The first-order valence-electron chi connectivity index (χ1n) is 19.7. The van der Waals surface area contributed by atoms with Crippen molar-refractivity contribution >= 4 is 63.5 Å². The summed E-state index contributed by atoms with van der Waals surface area (Å²) in [5.41, 5.74) is -1.14. The lowest BCUT2D eigenvalue weighted by Crippen LogP contribution is -2.58. The van der Waals surface area contributed by atoms with Crippen LogP contribution < -0.4 is 19.7 Å². The van der Waals surface area contributed by atoms with Gasteiger partial charge in [-0.3, -0.25) is 33.7 Å². The SMILES string of the molecule is C=CC(=O)N1C[C@H](C)N(c2nc(OCCOCCNC(=O)COc3cccc4c3C(=O)N(C3CCC(=O)CC3=O)C4=O)nc3c(F)c(-c4c(O)cccc4F)c(Cl)cc23)C[C@H]1C. The number of fused-ring (bicyclic) bond motifs is 2. The van der Waals surface area contributed by atoms with Gasteiger partial charge in [0.2, 0.25) is 5.91 Å². The molecular formula is C43H41ClF2N6O10. The first-order chi connectivity index (χ1) is 29.7. The highest BCUT2D eigenvalue weighted by Gasteiger charge is 2.46. The van der Waals surface area contributed by atoms with E-state index in [9.17, 15) is 38.3 Å². The molecule has 19 heteroatoms. The summed E-state index contributed by atoms with van der Waals surface area (Å²) in [6, 6.07) is 7.38. The van der Waals surface area contributed by atoms with Gasteiger partial charge >= 0.3 is 6.01 Å². The maximum absolute atomic E-state index is 16.5. The quantitative estimate of drug-likeness (QED) is 0.0783. The monoisotopic (exact) mass is 874 g/mol. The average molecular weight is 875 g/mol. The minimum Gasteiger partial charge on any atom is -0.507 e. The van der Waals surface area contributed by atoms with Gasteiger partial charge in [-0.2, -0.15) is 9.97 Å². The van der Waals surface area contributed by atoms with Crippen molar-refractivity contribution in [3.05, 3.63) is 82.9 Å². The van der Waals surface area contributed by atoms with Crippen LogP contribution in [0.15, 0.2) is 55.1 Å². The van der Waals surface area contributed by atoms with Crippen molar-refractivity contribution in [3.63, 3.8) is 0 Å². The molecule has 16 nitrogen and oxygen atoms in total. The summed E-state index contributed by atoms with van der Waals surface area (Å²) in [4.78, 5) is 89.1. The highest BCUT2D eigenvalue weighted by Crippen LogP contribution is 2.43. The lowest BCUT2D eigenvalue weighted by molar-refractivity contribution is -0.133. The van der Waals surface area contributed by atoms with E-state index in [2.05, 4.69) is 21.9 Å². The molecule has 1 unspecified atom stereocenters. The minimum atomic E-state index is -1.05. The van der Waals surface area contributed by atoms with Gasteiger partial charge < -0.3 is 34.4 Å². The van der Waals surface area contributed by atoms with E-state index in [1.54, 1.807) is 4.90 Å². The van der Waals surface area contributed by atoms with Crippen molar-refractivity contribution in [1.29, 1.82) is 0 Å². The van der Waals surface area contributed by atoms with Gasteiger partial charge in [0.15, 0.2) is 18.2 Å². The van der Waals surface area contributed by atoms with Crippen LogP contribution in [0.2, 0.25) is 5.02 Å². The summed E-state index contributed by atoms with van der Waals surface area (Å²) in [6.07, 6.45) is 1.02. The van der Waals surface area contributed by atoms with E-state index in [0.717, 1.165) is 11.0 Å². The van der Waals surface area contributed by atoms with Gasteiger partial charge in [0, 0.05) is 49.1 Å². The third-order valence-corrected chi connectivity index (χ3v) is 11.1. The number of hydrogen-bond acceptors (Lipinski definition) is 13. The Kier molecular flexibility index (Phi) is 12.8. The van der Waals surface area contributed by atoms with Crippen molar-refractivity contribution in [2.45, 2.75) is 51.2 Å². The van der Waals surface area contributed by atoms with E-state index in [1.807, 2.05) is 18.7 Å². The standard InChI is InChI=1S/C43H41ClF2N6O10/c1-4-34(57)50-19-23(3)51(20-22(50)2)40-26-18-27(44)36(37-28(45)8-6-9-30(37)54)38(46)39(26)48-43(49-40)61-16-15-60-14-13-47-33(56)21-62-32-10-5-7-25-35(32)42(59)52(41(25)58)29-12-11-24(53)17-31(29)55/h4-10,18,22-23,29,54H,1,11-17,19-21H2,2-3H3,(H,47,56)/t22-,23+,29?/m1/s1. The molecule has 1 saturated carbocycles. The van der Waals surface area contributed by atoms with E-state index in [4.69, 9.17) is 25.8 Å². The van der Waals surface area contributed by atoms with Gasteiger partial charge in [0.25, 0.3) is 17.7 Å². The number of ketones is 2. The number of Topliss-reactive ketones (excluding diaryl/α,β-unsaturated/α-hetero) is 2. The smallest absolute Gasteiger partial charge is 0.319 e. The first kappa shape index (κ1) is 43.6. The molecule has 4 amide bonds. The van der Waals surface area contributed by atoms with Gasteiger partial charge in [0.05, 0.1) is 47.4 Å². The lowest BCUT2D eigenvalue weighted by atomic mass is 9.92. The molecule has 1 saturated heterocycles. The molecule has 7 rings (SSSR count). The highest BCUT2D eigenvalue weighted by atomic mass is 35.5. The molecule has 1 aromatic heterocycles. The third-order valence-electron chi connectivity index (χ3n) is 10.8. The number of hydrogen-bond donors (Lipinski definition) is 2. The number of benzene rings is 3. The number of aromatic hydroxyl groups is 1. The van der Waals surface area contributed by atoms with E-state index in [0.29, 0.717) is 6.54 Å². The zero-order chi connectivity index (χ0) is 44.4. The fraction of sp³-hybridized carbons (Fsp3) is 0.349. The number of carbonyl (C=O) groups is 6. The molecule has 0 bridgehead atoms. The summed E-state index contributed by atoms with van der Waals surface area (Å²) in [7, 11) is 0. The molecule has 4 aromatic rings. The predicted octanol–water partition coefficient (Wildman–Crippen LogP) is 4.42. The zero-order valence-corrected chi connectivity index (χ0v) is 34.4. The van der Waals surface area contributed by atoms with Crippen LogP contribution in [0.5, 0.6) is 17.5 Å². The molecule has 3 aliphatic rings. The number of ether oxygens (including phenoxy) is 3. The Hall–Kier alpha value is -6.53. The molecule has 2 N–H and O–H groups in total. The molecule has 2 fully saturated rings. The molecule has 2 aliphatic heterocycles. The van der Waals surface area contributed by atoms with Gasteiger partial charge in [-0.25, -0.2) is 8.78 Å². The Labute approximate surface area is 358 Å². The van der Waals surface area contributed by atoms with Gasteiger partial charge in [0.1, 0.15) is 41.0 Å². The maximum atomic E-state index is 16.5. The predicted molar refractivity (Wildman–Crippen MR) is 219 cm³/mol. The van der Waals surface area contributed by atoms with Crippen LogP contribution in [0, 0.1) is 11.6 Å². The number of imide groups is 1. The number of amides is 4. The van der Waals surface area contributed by atoms with Crippen LogP contribution in [-0.4, -0.2) is 124 Å². The Morgan fingerprint density at radius 1 is 0.968 bits per heavy atom. The summed E-state index contributed by atoms with van der Waals surface area (Å²) < 4.78 is 48.6. The van der Waals surface area contributed by atoms with E-state index in [-0.39, 0.29) is 121 Å². The fourth-order valence-electron chi connectivity index (χ4n) is 7.84. The second kappa shape index (κ2) is 18.2. The van der Waals surface area contributed by atoms with Crippen LogP contribution >= 0.6 is 11.6 Å². The molecule has 62 heavy (non-hydrogen) atoms. The number of phenolic OH excluding ortho intramolecular Hbond substituents is 1. The number of nitrogens with zero attached hydrogens (tertiary/aromatic N) is 5. The Morgan fingerprint density at radius 2 is 1.74 bits per heavy atom. The van der Waals surface area contributed by atoms with E-state index >= 15 is 4.39 Å². The molecule has 3 aromatic carbocycles. The summed E-state index contributed by atoms with van der Waals surface area (Å²) >= 11 is 6.58. The summed E-state index contributed by atoms with van der Waals surface area (Å²) in [5.74, 6) is -5.18. The van der Waals surface area contributed by atoms with Crippen molar-refractivity contribution < 1.29 is 56.9 Å². The molecule has 0 radical (unpaired) electrons. The Morgan fingerprint density at radius 3 is 2.48 bits per heavy atom. The van der Waals surface area contributed by atoms with Crippen LogP contribution in [0.3, 0.4) is 0 Å². The second-order valence-corrected chi connectivity index (χ2v) is 15.4. The largest absolute Gasteiger partial charge is 0.507 e. The summed E-state index contributed by atoms with van der Waals surface area (Å²) in [6.45, 7) is 7.33. The Bertz CT molecular complexity index is 2500. The maximum Gasteiger partial charge on any atom is 0.319 e. The lowest BCUT2D eigenvalue weighted by Gasteiger charge is -2.44. The molecule has 0 spiro atoms. The average Bonchev–Trinajstić information content (AvgIpc) is 3.49. The highest BCUT2D eigenvalue weighted by molar-refractivity contribution is 6.34. The number of nitrogens with one attached hydrogen (secondary N) is 1. The van der Waals surface area contributed by atoms with Crippen molar-refractivity contribution in [3.8, 4) is 28.6 Å². The van der Waals surface area contributed by atoms with Crippen LogP contribution in [0.4, 0.5) is 14.6 Å². The third kappa shape index (κ3) is 8.52. The van der Waals surface area contributed by atoms with Crippen molar-refractivity contribution in [2.24, 2.45) is 0 Å². The number of anilines is 1. The molecule has 1 aliphatic carbocycles. The molecule has 3 atom stereocenters. The van der Waals surface area contributed by atoms with Gasteiger partial charge in [-0.15, -0.1) is 0 Å². The first-order valence-corrected chi connectivity index (χ1v) is 20.1. The van der Waals surface area contributed by atoms with Crippen LogP contribution in [0.25, 0.3) is 22.0 Å². The normalized spacial score (nSPS) is 18.9. The topological polar surface area (TPSA) is 198 Å². The van der Waals surface area contributed by atoms with E-state index < -0.39 is 64.7 Å². The van der Waals surface area contributed by atoms with Crippen molar-refractivity contribution in [2.75, 3.05) is 51.0 Å². The molecular weight excluding hydrogens is 834 g/mol. The van der Waals surface area contributed by atoms with Gasteiger partial charge in [-0.1, -0.05) is 30.3 Å². The zero-order valence-electron chi connectivity index (χ0n) is 33.6. The Balaban J connectivity index is 0.976. The molecule has 324 valence electrons. The summed E-state index contributed by atoms with van der Waals surface area (Å²) in [5, 5.41) is 13.1.